The van der Waals surface area contributed by atoms with Crippen LogP contribution >= 0.6 is 0 Å². The van der Waals surface area contributed by atoms with Crippen molar-refractivity contribution in [3.05, 3.63) is 102 Å². The minimum absolute atomic E-state index is 0.108. The molecule has 1 unspecified atom stereocenters. The molecule has 4 rings (SSSR count). The monoisotopic (exact) mass is 477 g/mol. The first-order valence-electron chi connectivity index (χ1n) is 11.6. The van der Waals surface area contributed by atoms with Gasteiger partial charge in [-0.15, -0.1) is 0 Å². The molecule has 0 spiro atoms. The lowest BCUT2D eigenvalue weighted by atomic mass is 9.96. The number of aryl methyl sites for hydroxylation is 1. The van der Waals surface area contributed by atoms with Gasteiger partial charge in [-0.3, -0.25) is 9.69 Å². The summed E-state index contributed by atoms with van der Waals surface area (Å²) in [4.78, 5) is 17.4. The first-order valence-corrected chi connectivity index (χ1v) is 13.1. The van der Waals surface area contributed by atoms with Gasteiger partial charge in [0.15, 0.2) is 0 Å². The van der Waals surface area contributed by atoms with E-state index in [4.69, 9.17) is 0 Å². The number of benzene rings is 3. The lowest BCUT2D eigenvalue weighted by molar-refractivity contribution is -0.134. The van der Waals surface area contributed by atoms with Gasteiger partial charge in [0, 0.05) is 26.2 Å². The van der Waals surface area contributed by atoms with Crippen LogP contribution in [0.3, 0.4) is 0 Å². The highest BCUT2D eigenvalue weighted by atomic mass is 32.2. The van der Waals surface area contributed by atoms with Gasteiger partial charge >= 0.3 is 0 Å². The summed E-state index contributed by atoms with van der Waals surface area (Å²) in [5.74, 6) is -0.202. The number of rotatable bonds is 7. The zero-order valence-electron chi connectivity index (χ0n) is 19.6. The van der Waals surface area contributed by atoms with Gasteiger partial charge in [0.2, 0.25) is 15.9 Å². The molecule has 6 nitrogen and oxygen atoms in total. The summed E-state index contributed by atoms with van der Waals surface area (Å²) < 4.78 is 28.0. The lowest BCUT2D eigenvalue weighted by Crippen LogP contribution is -2.54. The third kappa shape index (κ3) is 5.55. The molecule has 1 amide bonds. The minimum Gasteiger partial charge on any atom is -0.339 e. The highest BCUT2D eigenvalue weighted by Crippen LogP contribution is 2.29. The Morgan fingerprint density at radius 1 is 0.794 bits per heavy atom. The first-order chi connectivity index (χ1) is 16.3. The zero-order valence-corrected chi connectivity index (χ0v) is 20.4. The Labute approximate surface area is 202 Å². The molecule has 3 aromatic carbocycles. The maximum absolute atomic E-state index is 13.1. The van der Waals surface area contributed by atoms with Gasteiger partial charge in [0.25, 0.3) is 0 Å². The van der Waals surface area contributed by atoms with Crippen molar-refractivity contribution in [2.75, 3.05) is 26.2 Å². The summed E-state index contributed by atoms with van der Waals surface area (Å²) >= 11 is 0. The third-order valence-electron chi connectivity index (χ3n) is 6.26. The number of nitrogens with zero attached hydrogens (tertiary/aromatic N) is 2. The molecule has 1 N–H and O–H groups in total. The van der Waals surface area contributed by atoms with E-state index in [1.165, 1.54) is 11.1 Å². The van der Waals surface area contributed by atoms with E-state index in [1.54, 1.807) is 36.1 Å². The lowest BCUT2D eigenvalue weighted by Gasteiger charge is -2.40. The van der Waals surface area contributed by atoms with Crippen LogP contribution in [0.4, 0.5) is 0 Å². The number of amides is 1. The molecule has 1 saturated heterocycles. The van der Waals surface area contributed by atoms with Crippen LogP contribution < -0.4 is 4.72 Å². The summed E-state index contributed by atoms with van der Waals surface area (Å²) in [6, 6.07) is 26.6. The van der Waals surface area contributed by atoms with Crippen molar-refractivity contribution in [3.63, 3.8) is 0 Å². The van der Waals surface area contributed by atoms with E-state index in [1.807, 2.05) is 43.3 Å². The van der Waals surface area contributed by atoms with Gasteiger partial charge in [-0.2, -0.15) is 4.72 Å². The first kappa shape index (κ1) is 24.1. The predicted octanol–water partition coefficient (Wildman–Crippen LogP) is 3.60. The molecule has 178 valence electrons. The molecule has 0 radical (unpaired) electrons. The number of piperazine rings is 1. The fraction of sp³-hybridized carbons (Fsp3) is 0.296. The predicted molar refractivity (Wildman–Crippen MR) is 134 cm³/mol. The van der Waals surface area contributed by atoms with E-state index < -0.39 is 16.1 Å². The van der Waals surface area contributed by atoms with Gasteiger partial charge in [-0.1, -0.05) is 78.4 Å². The quantitative estimate of drug-likeness (QED) is 0.565. The van der Waals surface area contributed by atoms with Crippen molar-refractivity contribution < 1.29 is 13.2 Å². The Balaban J connectivity index is 1.42. The molecule has 7 heteroatoms. The largest absolute Gasteiger partial charge is 0.339 e. The Morgan fingerprint density at radius 2 is 1.29 bits per heavy atom. The van der Waals surface area contributed by atoms with Gasteiger partial charge in [-0.25, -0.2) is 8.42 Å². The number of hydrogen-bond acceptors (Lipinski definition) is 4. The van der Waals surface area contributed by atoms with E-state index in [9.17, 15) is 13.2 Å². The normalized spacial score (nSPS) is 15.9. The Bertz CT molecular complexity index is 1150. The number of carbonyl (C=O) groups is 1. The highest BCUT2D eigenvalue weighted by Gasteiger charge is 2.31. The second-order valence-corrected chi connectivity index (χ2v) is 10.5. The topological polar surface area (TPSA) is 69.7 Å². The summed E-state index contributed by atoms with van der Waals surface area (Å²) in [7, 11) is -3.76. The van der Waals surface area contributed by atoms with E-state index in [0.29, 0.717) is 26.2 Å². The molecule has 1 heterocycles. The standard InChI is InChI=1S/C27H31N3O3S/c1-21-13-15-25(16-14-21)34(32,33)28-22(2)27(31)30-19-17-29(18-20-30)26(23-9-5-3-6-10-23)24-11-7-4-8-12-24/h3-16,22,26,28H,17-20H2,1-2H3. The van der Waals surface area contributed by atoms with Crippen LogP contribution in [-0.2, 0) is 14.8 Å². The van der Waals surface area contributed by atoms with E-state index in [2.05, 4.69) is 33.9 Å². The van der Waals surface area contributed by atoms with Crippen LogP contribution in [0, 0.1) is 6.92 Å². The zero-order chi connectivity index (χ0) is 24.1. The van der Waals surface area contributed by atoms with Crippen molar-refractivity contribution in [1.29, 1.82) is 0 Å². The average molecular weight is 478 g/mol. The molecule has 0 aliphatic carbocycles. The van der Waals surface area contributed by atoms with Gasteiger partial charge in [0.05, 0.1) is 17.0 Å². The van der Waals surface area contributed by atoms with Gasteiger partial charge < -0.3 is 4.90 Å². The van der Waals surface area contributed by atoms with Crippen LogP contribution in [0.1, 0.15) is 29.7 Å². The van der Waals surface area contributed by atoms with Crippen molar-refractivity contribution in [2.45, 2.75) is 30.8 Å². The fourth-order valence-electron chi connectivity index (χ4n) is 4.43. The van der Waals surface area contributed by atoms with Crippen LogP contribution in [0.25, 0.3) is 0 Å². The minimum atomic E-state index is -3.76. The van der Waals surface area contributed by atoms with Crippen LogP contribution in [0.2, 0.25) is 0 Å². The number of hydrogen-bond donors (Lipinski definition) is 1. The molecule has 0 aromatic heterocycles. The van der Waals surface area contributed by atoms with Gasteiger partial charge in [0.1, 0.15) is 0 Å². The van der Waals surface area contributed by atoms with E-state index in [-0.39, 0.29) is 16.8 Å². The Hall–Kier alpha value is -3.00. The number of carbonyl (C=O) groups excluding carboxylic acids is 1. The molecule has 0 saturated carbocycles. The third-order valence-corrected chi connectivity index (χ3v) is 7.81. The average Bonchev–Trinajstić information content (AvgIpc) is 2.85. The molecule has 0 bridgehead atoms. The summed E-state index contributed by atoms with van der Waals surface area (Å²) in [6.45, 7) is 6.01. The summed E-state index contributed by atoms with van der Waals surface area (Å²) in [5, 5.41) is 0. The molecular weight excluding hydrogens is 446 g/mol. The van der Waals surface area contributed by atoms with Crippen LogP contribution in [0.15, 0.2) is 89.8 Å². The van der Waals surface area contributed by atoms with Crippen molar-refractivity contribution >= 4 is 15.9 Å². The Morgan fingerprint density at radius 3 is 1.79 bits per heavy atom. The SMILES string of the molecule is Cc1ccc(S(=O)(=O)NC(C)C(=O)N2CCN(C(c3ccccc3)c3ccccc3)CC2)cc1. The maximum atomic E-state index is 13.1. The highest BCUT2D eigenvalue weighted by molar-refractivity contribution is 7.89. The van der Waals surface area contributed by atoms with Crippen LogP contribution in [-0.4, -0.2) is 56.3 Å². The summed E-state index contributed by atoms with van der Waals surface area (Å²) in [6.07, 6.45) is 0. The molecule has 1 atom stereocenters. The van der Waals surface area contributed by atoms with Crippen molar-refractivity contribution in [2.24, 2.45) is 0 Å². The molecule has 1 fully saturated rings. The van der Waals surface area contributed by atoms with Crippen LogP contribution in [0.5, 0.6) is 0 Å². The second-order valence-electron chi connectivity index (χ2n) is 8.74. The number of nitrogens with one attached hydrogen (secondary N) is 1. The van der Waals surface area contributed by atoms with E-state index in [0.717, 1.165) is 5.56 Å². The molecular formula is C27H31N3O3S. The summed E-state index contributed by atoms with van der Waals surface area (Å²) in [5.41, 5.74) is 3.41. The molecule has 34 heavy (non-hydrogen) atoms. The smallest absolute Gasteiger partial charge is 0.241 e. The second kappa shape index (κ2) is 10.5. The Kier molecular flexibility index (Phi) is 7.46. The maximum Gasteiger partial charge on any atom is 0.241 e. The van der Waals surface area contributed by atoms with Crippen molar-refractivity contribution in [1.82, 2.24) is 14.5 Å². The molecule has 1 aliphatic heterocycles. The molecule has 3 aromatic rings. The van der Waals surface area contributed by atoms with E-state index >= 15 is 0 Å². The fourth-order valence-corrected chi connectivity index (χ4v) is 5.62. The molecule has 1 aliphatic rings. The number of sulfonamides is 1. The van der Waals surface area contributed by atoms with Crippen molar-refractivity contribution in [3.8, 4) is 0 Å². The van der Waals surface area contributed by atoms with Gasteiger partial charge in [-0.05, 0) is 37.1 Å².